The second kappa shape index (κ2) is 6.17. The second-order valence-electron chi connectivity index (χ2n) is 4.50. The van der Waals surface area contributed by atoms with E-state index in [0.29, 0.717) is 17.6 Å². The lowest BCUT2D eigenvalue weighted by atomic mass is 10.1. The SMILES string of the molecule is O=C(O)c1ccc(COC2CCCCCC2)s1. The fraction of sp³-hybridized carbons (Fsp3) is 0.615. The molecule has 1 N–H and O–H groups in total. The van der Waals surface area contributed by atoms with Gasteiger partial charge in [-0.3, -0.25) is 0 Å². The lowest BCUT2D eigenvalue weighted by molar-refractivity contribution is 0.0324. The minimum absolute atomic E-state index is 0.368. The van der Waals surface area contributed by atoms with Crippen LogP contribution in [-0.4, -0.2) is 17.2 Å². The Labute approximate surface area is 105 Å². The van der Waals surface area contributed by atoms with Gasteiger partial charge in [-0.25, -0.2) is 4.79 Å². The number of carbonyl (C=O) groups is 1. The normalized spacial score (nSPS) is 17.9. The molecule has 0 atom stereocenters. The molecule has 17 heavy (non-hydrogen) atoms. The minimum Gasteiger partial charge on any atom is -0.477 e. The van der Waals surface area contributed by atoms with Crippen LogP contribution in [0.3, 0.4) is 0 Å². The molecule has 0 unspecified atom stereocenters. The Hall–Kier alpha value is -0.870. The number of hydrogen-bond acceptors (Lipinski definition) is 3. The monoisotopic (exact) mass is 254 g/mol. The van der Waals surface area contributed by atoms with Crippen molar-refractivity contribution in [2.45, 2.75) is 51.2 Å². The highest BCUT2D eigenvalue weighted by Gasteiger charge is 2.13. The molecule has 1 fully saturated rings. The fourth-order valence-electron chi connectivity index (χ4n) is 2.18. The minimum atomic E-state index is -0.851. The first-order valence-electron chi connectivity index (χ1n) is 6.19. The van der Waals surface area contributed by atoms with Gasteiger partial charge in [0.1, 0.15) is 4.88 Å². The third kappa shape index (κ3) is 3.82. The quantitative estimate of drug-likeness (QED) is 0.834. The summed E-state index contributed by atoms with van der Waals surface area (Å²) in [6.45, 7) is 0.558. The first-order valence-corrected chi connectivity index (χ1v) is 7.01. The molecule has 1 aromatic heterocycles. The molecule has 0 saturated heterocycles. The van der Waals surface area contributed by atoms with E-state index in [1.54, 1.807) is 6.07 Å². The standard InChI is InChI=1S/C13H18O3S/c14-13(15)12-8-7-11(17-12)9-16-10-5-3-1-2-4-6-10/h7-8,10H,1-6,9H2,(H,14,15). The van der Waals surface area contributed by atoms with E-state index in [9.17, 15) is 4.79 Å². The summed E-state index contributed by atoms with van der Waals surface area (Å²) < 4.78 is 5.86. The third-order valence-electron chi connectivity index (χ3n) is 3.14. The van der Waals surface area contributed by atoms with Crippen LogP contribution < -0.4 is 0 Å². The summed E-state index contributed by atoms with van der Waals surface area (Å²) in [6, 6.07) is 3.50. The lowest BCUT2D eigenvalue weighted by Gasteiger charge is -2.14. The number of carboxylic acid groups (broad SMARTS) is 1. The zero-order valence-electron chi connectivity index (χ0n) is 9.85. The van der Waals surface area contributed by atoms with Crippen LogP contribution in [-0.2, 0) is 11.3 Å². The summed E-state index contributed by atoms with van der Waals surface area (Å²) in [5, 5.41) is 8.82. The van der Waals surface area contributed by atoms with Crippen LogP contribution in [0.4, 0.5) is 0 Å². The highest BCUT2D eigenvalue weighted by atomic mass is 32.1. The molecule has 0 aliphatic heterocycles. The Morgan fingerprint density at radius 1 is 1.29 bits per heavy atom. The first-order chi connectivity index (χ1) is 8.25. The average molecular weight is 254 g/mol. The van der Waals surface area contributed by atoms with Crippen LogP contribution in [0, 0.1) is 0 Å². The predicted molar refractivity (Wildman–Crippen MR) is 67.6 cm³/mol. The van der Waals surface area contributed by atoms with Gasteiger partial charge in [-0.1, -0.05) is 25.7 Å². The molecule has 1 saturated carbocycles. The number of aromatic carboxylic acids is 1. The molecule has 0 amide bonds. The van der Waals surface area contributed by atoms with E-state index in [1.165, 1.54) is 37.0 Å². The summed E-state index contributed by atoms with van der Waals surface area (Å²) in [7, 11) is 0. The van der Waals surface area contributed by atoms with Gasteiger partial charge in [0, 0.05) is 4.88 Å². The zero-order valence-corrected chi connectivity index (χ0v) is 10.7. The van der Waals surface area contributed by atoms with Gasteiger partial charge in [0.25, 0.3) is 0 Å². The summed E-state index contributed by atoms with van der Waals surface area (Å²) in [5.41, 5.74) is 0. The average Bonchev–Trinajstić information content (AvgIpc) is 2.63. The van der Waals surface area contributed by atoms with Gasteiger partial charge >= 0.3 is 5.97 Å². The molecule has 1 heterocycles. The molecule has 0 aromatic carbocycles. The molecule has 0 radical (unpaired) electrons. The van der Waals surface area contributed by atoms with Gasteiger partial charge in [-0.15, -0.1) is 11.3 Å². The number of hydrogen-bond donors (Lipinski definition) is 1. The van der Waals surface area contributed by atoms with Crippen molar-refractivity contribution in [3.05, 3.63) is 21.9 Å². The van der Waals surface area contributed by atoms with Crippen LogP contribution in [0.5, 0.6) is 0 Å². The summed E-state index contributed by atoms with van der Waals surface area (Å²) >= 11 is 1.31. The van der Waals surface area contributed by atoms with Crippen LogP contribution >= 0.6 is 11.3 Å². The zero-order chi connectivity index (χ0) is 12.1. The topological polar surface area (TPSA) is 46.5 Å². The first kappa shape index (κ1) is 12.6. The van der Waals surface area contributed by atoms with Crippen molar-refractivity contribution in [3.63, 3.8) is 0 Å². The van der Waals surface area contributed by atoms with E-state index in [0.717, 1.165) is 17.7 Å². The molecule has 4 heteroatoms. The van der Waals surface area contributed by atoms with E-state index < -0.39 is 5.97 Å². The van der Waals surface area contributed by atoms with E-state index in [2.05, 4.69) is 0 Å². The summed E-state index contributed by atoms with van der Waals surface area (Å²) in [6.07, 6.45) is 7.83. The van der Waals surface area contributed by atoms with Gasteiger partial charge in [0.2, 0.25) is 0 Å². The van der Waals surface area contributed by atoms with Gasteiger partial charge in [0.15, 0.2) is 0 Å². The van der Waals surface area contributed by atoms with E-state index >= 15 is 0 Å². The lowest BCUT2D eigenvalue weighted by Crippen LogP contribution is -2.10. The molecule has 94 valence electrons. The highest BCUT2D eigenvalue weighted by molar-refractivity contribution is 7.13. The van der Waals surface area contributed by atoms with Crippen molar-refractivity contribution in [1.29, 1.82) is 0 Å². The van der Waals surface area contributed by atoms with Gasteiger partial charge in [0.05, 0.1) is 12.7 Å². The molecule has 3 nitrogen and oxygen atoms in total. The molecule has 1 aromatic rings. The number of ether oxygens (including phenoxy) is 1. The Balaban J connectivity index is 1.81. The van der Waals surface area contributed by atoms with Crippen LogP contribution in [0.15, 0.2) is 12.1 Å². The van der Waals surface area contributed by atoms with Crippen molar-refractivity contribution < 1.29 is 14.6 Å². The Kier molecular flexibility index (Phi) is 4.57. The molecule has 0 spiro atoms. The molecule has 2 rings (SSSR count). The van der Waals surface area contributed by atoms with Crippen molar-refractivity contribution in [1.82, 2.24) is 0 Å². The van der Waals surface area contributed by atoms with Crippen LogP contribution in [0.25, 0.3) is 0 Å². The number of rotatable bonds is 4. The van der Waals surface area contributed by atoms with E-state index in [-0.39, 0.29) is 0 Å². The van der Waals surface area contributed by atoms with Crippen LogP contribution in [0.1, 0.15) is 53.1 Å². The fourth-order valence-corrected chi connectivity index (χ4v) is 2.95. The van der Waals surface area contributed by atoms with E-state index in [1.807, 2.05) is 6.07 Å². The predicted octanol–water partition coefficient (Wildman–Crippen LogP) is 3.69. The van der Waals surface area contributed by atoms with Gasteiger partial charge in [-0.2, -0.15) is 0 Å². The Morgan fingerprint density at radius 3 is 2.59 bits per heavy atom. The maximum Gasteiger partial charge on any atom is 0.345 e. The van der Waals surface area contributed by atoms with Gasteiger partial charge < -0.3 is 9.84 Å². The molecule has 1 aliphatic rings. The van der Waals surface area contributed by atoms with Crippen molar-refractivity contribution in [2.75, 3.05) is 0 Å². The van der Waals surface area contributed by atoms with Gasteiger partial charge in [-0.05, 0) is 25.0 Å². The largest absolute Gasteiger partial charge is 0.477 e. The number of thiophene rings is 1. The Morgan fingerprint density at radius 2 is 2.00 bits per heavy atom. The Bertz CT molecular complexity index is 364. The molecule has 0 bridgehead atoms. The van der Waals surface area contributed by atoms with Crippen molar-refractivity contribution in [3.8, 4) is 0 Å². The number of carboxylic acids is 1. The molecular formula is C13H18O3S. The molecule has 1 aliphatic carbocycles. The maximum atomic E-state index is 10.7. The van der Waals surface area contributed by atoms with E-state index in [4.69, 9.17) is 9.84 Å². The maximum absolute atomic E-state index is 10.7. The second-order valence-corrected chi connectivity index (χ2v) is 5.66. The third-order valence-corrected chi connectivity index (χ3v) is 4.18. The highest BCUT2D eigenvalue weighted by Crippen LogP contribution is 2.23. The summed E-state index contributed by atoms with van der Waals surface area (Å²) in [4.78, 5) is 12.1. The summed E-state index contributed by atoms with van der Waals surface area (Å²) in [5.74, 6) is -0.851. The smallest absolute Gasteiger partial charge is 0.345 e. The van der Waals surface area contributed by atoms with Crippen molar-refractivity contribution in [2.24, 2.45) is 0 Å². The molecular weight excluding hydrogens is 236 g/mol. The van der Waals surface area contributed by atoms with Crippen LogP contribution in [0.2, 0.25) is 0 Å². The van der Waals surface area contributed by atoms with Crippen molar-refractivity contribution >= 4 is 17.3 Å².